The van der Waals surface area contributed by atoms with Crippen LogP contribution in [-0.2, 0) is 4.74 Å². The van der Waals surface area contributed by atoms with Gasteiger partial charge in [0.25, 0.3) is 0 Å². The van der Waals surface area contributed by atoms with Gasteiger partial charge in [-0.25, -0.2) is 4.39 Å². The lowest BCUT2D eigenvalue weighted by Gasteiger charge is -2.21. The van der Waals surface area contributed by atoms with Gasteiger partial charge in [0, 0.05) is 19.1 Å². The number of carbonyl (C=O) groups excluding carboxylic acids is 1. The summed E-state index contributed by atoms with van der Waals surface area (Å²) in [5.41, 5.74) is 0.0967. The predicted molar refractivity (Wildman–Crippen MR) is 59.3 cm³/mol. The molecule has 0 radical (unpaired) electrons. The monoisotopic (exact) mass is 242 g/mol. The van der Waals surface area contributed by atoms with Crippen LogP contribution < -0.4 is 0 Å². The van der Waals surface area contributed by atoms with Gasteiger partial charge in [0.2, 0.25) is 0 Å². The van der Waals surface area contributed by atoms with E-state index in [4.69, 9.17) is 16.3 Å². The van der Waals surface area contributed by atoms with E-state index in [1.54, 1.807) is 6.07 Å². The fourth-order valence-electron chi connectivity index (χ4n) is 1.87. The molecule has 16 heavy (non-hydrogen) atoms. The molecule has 0 atom stereocenters. The Morgan fingerprint density at radius 3 is 2.75 bits per heavy atom. The molecule has 1 fully saturated rings. The van der Waals surface area contributed by atoms with Crippen molar-refractivity contribution < 1.29 is 13.9 Å². The maximum Gasteiger partial charge on any atom is 0.169 e. The van der Waals surface area contributed by atoms with Gasteiger partial charge >= 0.3 is 0 Å². The number of rotatable bonds is 2. The molecule has 0 amide bonds. The number of halogens is 2. The number of carbonyl (C=O) groups is 1. The Balaban J connectivity index is 2.22. The smallest absolute Gasteiger partial charge is 0.169 e. The molecular weight excluding hydrogens is 231 g/mol. The molecule has 1 heterocycles. The van der Waals surface area contributed by atoms with Gasteiger partial charge in [-0.3, -0.25) is 4.79 Å². The van der Waals surface area contributed by atoms with Gasteiger partial charge in [0.1, 0.15) is 0 Å². The van der Waals surface area contributed by atoms with Crippen LogP contribution >= 0.6 is 11.6 Å². The summed E-state index contributed by atoms with van der Waals surface area (Å²) in [6, 6.07) is 4.52. The fraction of sp³-hybridized carbons (Fsp3) is 0.417. The lowest BCUT2D eigenvalue weighted by Crippen LogP contribution is -2.24. The van der Waals surface area contributed by atoms with Crippen molar-refractivity contribution in [1.29, 1.82) is 0 Å². The first-order valence-corrected chi connectivity index (χ1v) is 5.64. The minimum atomic E-state index is -0.611. The molecular formula is C12H12ClFO2. The summed E-state index contributed by atoms with van der Waals surface area (Å²) >= 11 is 5.64. The van der Waals surface area contributed by atoms with Gasteiger partial charge in [-0.2, -0.15) is 0 Å². The Bertz CT molecular complexity index is 400. The van der Waals surface area contributed by atoms with E-state index in [0.29, 0.717) is 26.1 Å². The van der Waals surface area contributed by atoms with Crippen LogP contribution in [0, 0.1) is 11.7 Å². The Labute approximate surface area is 98.4 Å². The molecule has 0 aliphatic carbocycles. The molecule has 1 aliphatic rings. The van der Waals surface area contributed by atoms with Crippen molar-refractivity contribution in [3.63, 3.8) is 0 Å². The molecule has 2 rings (SSSR count). The van der Waals surface area contributed by atoms with E-state index >= 15 is 0 Å². The standard InChI is InChI=1S/C12H12ClFO2/c13-10-3-1-2-9(11(10)14)12(15)8-4-6-16-7-5-8/h1-3,8H,4-7H2. The summed E-state index contributed by atoms with van der Waals surface area (Å²) < 4.78 is 18.8. The fourth-order valence-corrected chi connectivity index (χ4v) is 2.05. The molecule has 1 aromatic carbocycles. The van der Waals surface area contributed by atoms with Crippen molar-refractivity contribution in [2.45, 2.75) is 12.8 Å². The zero-order chi connectivity index (χ0) is 11.5. The third-order valence-electron chi connectivity index (χ3n) is 2.81. The van der Waals surface area contributed by atoms with E-state index in [0.717, 1.165) is 0 Å². The van der Waals surface area contributed by atoms with E-state index in [9.17, 15) is 9.18 Å². The Kier molecular flexibility index (Phi) is 3.56. The second-order valence-corrected chi connectivity index (χ2v) is 4.26. The first-order valence-electron chi connectivity index (χ1n) is 5.26. The Hall–Kier alpha value is -0.930. The van der Waals surface area contributed by atoms with Gasteiger partial charge in [-0.15, -0.1) is 0 Å². The van der Waals surface area contributed by atoms with E-state index in [2.05, 4.69) is 0 Å². The van der Waals surface area contributed by atoms with Crippen molar-refractivity contribution in [3.8, 4) is 0 Å². The Morgan fingerprint density at radius 2 is 2.06 bits per heavy atom. The quantitative estimate of drug-likeness (QED) is 0.745. The molecule has 1 aromatic rings. The lowest BCUT2D eigenvalue weighted by atomic mass is 9.91. The highest BCUT2D eigenvalue weighted by molar-refractivity contribution is 6.31. The van der Waals surface area contributed by atoms with Crippen LogP contribution in [0.2, 0.25) is 5.02 Å². The van der Waals surface area contributed by atoms with Crippen molar-refractivity contribution in [2.75, 3.05) is 13.2 Å². The normalized spacial score (nSPS) is 17.4. The minimum absolute atomic E-state index is 0.00194. The highest BCUT2D eigenvalue weighted by Crippen LogP contribution is 2.24. The van der Waals surface area contributed by atoms with Crippen molar-refractivity contribution in [3.05, 3.63) is 34.6 Å². The van der Waals surface area contributed by atoms with Crippen LogP contribution in [0.5, 0.6) is 0 Å². The van der Waals surface area contributed by atoms with E-state index in [-0.39, 0.29) is 22.3 Å². The van der Waals surface area contributed by atoms with Gasteiger partial charge in [0.05, 0.1) is 10.6 Å². The summed E-state index contributed by atoms with van der Waals surface area (Å²) in [4.78, 5) is 12.0. The summed E-state index contributed by atoms with van der Waals surface area (Å²) in [5.74, 6) is -0.911. The van der Waals surface area contributed by atoms with Crippen molar-refractivity contribution >= 4 is 17.4 Å². The molecule has 4 heteroatoms. The highest BCUT2D eigenvalue weighted by atomic mass is 35.5. The molecule has 0 unspecified atom stereocenters. The van der Waals surface area contributed by atoms with Crippen molar-refractivity contribution in [1.82, 2.24) is 0 Å². The highest BCUT2D eigenvalue weighted by Gasteiger charge is 2.25. The molecule has 0 N–H and O–H groups in total. The molecule has 0 saturated carbocycles. The summed E-state index contributed by atoms with van der Waals surface area (Å²) in [6.07, 6.45) is 1.32. The van der Waals surface area contributed by atoms with Crippen LogP contribution in [-0.4, -0.2) is 19.0 Å². The number of benzene rings is 1. The second kappa shape index (κ2) is 4.93. The molecule has 2 nitrogen and oxygen atoms in total. The van der Waals surface area contributed by atoms with Crippen LogP contribution in [0.1, 0.15) is 23.2 Å². The third-order valence-corrected chi connectivity index (χ3v) is 3.10. The van der Waals surface area contributed by atoms with Gasteiger partial charge < -0.3 is 4.74 Å². The maximum absolute atomic E-state index is 13.6. The molecule has 0 aromatic heterocycles. The molecule has 86 valence electrons. The summed E-state index contributed by atoms with van der Waals surface area (Å²) in [5, 5.41) is -0.00194. The van der Waals surface area contributed by atoms with Gasteiger partial charge in [-0.1, -0.05) is 17.7 Å². The molecule has 0 bridgehead atoms. The molecule has 0 spiro atoms. The topological polar surface area (TPSA) is 26.3 Å². The zero-order valence-electron chi connectivity index (χ0n) is 8.71. The number of ether oxygens (including phenoxy) is 1. The van der Waals surface area contributed by atoms with E-state index in [1.165, 1.54) is 12.1 Å². The first-order chi connectivity index (χ1) is 7.70. The molecule has 1 saturated heterocycles. The Morgan fingerprint density at radius 1 is 1.38 bits per heavy atom. The first kappa shape index (κ1) is 11.6. The number of ketones is 1. The summed E-state index contributed by atoms with van der Waals surface area (Å²) in [7, 11) is 0. The lowest BCUT2D eigenvalue weighted by molar-refractivity contribution is 0.0542. The number of Topliss-reactive ketones (excluding diaryl/α,β-unsaturated/α-hetero) is 1. The van der Waals surface area contributed by atoms with Crippen LogP contribution in [0.4, 0.5) is 4.39 Å². The SMILES string of the molecule is O=C(c1cccc(Cl)c1F)C1CCOCC1. The van der Waals surface area contributed by atoms with Crippen LogP contribution in [0.3, 0.4) is 0 Å². The summed E-state index contributed by atoms with van der Waals surface area (Å²) in [6.45, 7) is 1.14. The zero-order valence-corrected chi connectivity index (χ0v) is 9.47. The van der Waals surface area contributed by atoms with Crippen LogP contribution in [0.25, 0.3) is 0 Å². The van der Waals surface area contributed by atoms with Crippen LogP contribution in [0.15, 0.2) is 18.2 Å². The largest absolute Gasteiger partial charge is 0.381 e. The average Bonchev–Trinajstić information content (AvgIpc) is 2.33. The predicted octanol–water partition coefficient (Wildman–Crippen LogP) is 3.09. The second-order valence-electron chi connectivity index (χ2n) is 3.85. The third kappa shape index (κ3) is 2.25. The number of hydrogen-bond acceptors (Lipinski definition) is 2. The maximum atomic E-state index is 13.6. The molecule has 1 aliphatic heterocycles. The van der Waals surface area contributed by atoms with Gasteiger partial charge in [0.15, 0.2) is 11.6 Å². The minimum Gasteiger partial charge on any atom is -0.381 e. The average molecular weight is 243 g/mol. The van der Waals surface area contributed by atoms with Gasteiger partial charge in [-0.05, 0) is 25.0 Å². The van der Waals surface area contributed by atoms with Crippen molar-refractivity contribution in [2.24, 2.45) is 5.92 Å². The van der Waals surface area contributed by atoms with E-state index < -0.39 is 5.82 Å². The number of hydrogen-bond donors (Lipinski definition) is 0. The van der Waals surface area contributed by atoms with E-state index in [1.807, 2.05) is 0 Å².